The summed E-state index contributed by atoms with van der Waals surface area (Å²) in [6.07, 6.45) is 1.56. The molecule has 2 aromatic rings. The summed E-state index contributed by atoms with van der Waals surface area (Å²) < 4.78 is 5.51. The van der Waals surface area contributed by atoms with Crippen molar-refractivity contribution >= 4 is 51.0 Å². The maximum absolute atomic E-state index is 9.88. The van der Waals surface area contributed by atoms with E-state index in [0.717, 1.165) is 0 Å². The van der Waals surface area contributed by atoms with Crippen LogP contribution in [-0.2, 0) is 0 Å². The molecule has 0 amide bonds. The largest absolute Gasteiger partial charge is 0.503 e. The molecule has 0 atom stereocenters. The van der Waals surface area contributed by atoms with Crippen molar-refractivity contribution in [3.8, 4) is 11.5 Å². The summed E-state index contributed by atoms with van der Waals surface area (Å²) in [7, 11) is 1.49. The fourth-order valence-corrected chi connectivity index (χ4v) is 2.30. The van der Waals surface area contributed by atoms with Crippen molar-refractivity contribution in [1.29, 1.82) is 0 Å². The van der Waals surface area contributed by atoms with E-state index in [0.29, 0.717) is 31.5 Å². The molecule has 2 rings (SSSR count). The van der Waals surface area contributed by atoms with Crippen LogP contribution < -0.4 is 10.2 Å². The van der Waals surface area contributed by atoms with E-state index in [1.165, 1.54) is 7.11 Å². The lowest BCUT2D eigenvalue weighted by molar-refractivity contribution is 0.372. The van der Waals surface area contributed by atoms with Crippen molar-refractivity contribution in [3.05, 3.63) is 50.4 Å². The third kappa shape index (κ3) is 3.81. The third-order valence-corrected chi connectivity index (χ3v) is 4.22. The predicted octanol–water partition coefficient (Wildman–Crippen LogP) is 4.92. The molecule has 0 aliphatic carbocycles. The first-order chi connectivity index (χ1) is 10.0. The van der Waals surface area contributed by atoms with Crippen LogP contribution in [-0.4, -0.2) is 18.4 Å². The SMILES string of the molecule is COc1ccc(C=NNc2ccc(Cl)c(Cl)c2)c(Br)c1O. The maximum atomic E-state index is 9.88. The maximum Gasteiger partial charge on any atom is 0.172 e. The number of hydrogen-bond acceptors (Lipinski definition) is 4. The highest BCUT2D eigenvalue weighted by molar-refractivity contribution is 9.10. The van der Waals surface area contributed by atoms with Crippen LogP contribution in [0.25, 0.3) is 0 Å². The average Bonchev–Trinajstić information content (AvgIpc) is 2.47. The zero-order chi connectivity index (χ0) is 15.4. The molecular formula is C14H11BrCl2N2O2. The van der Waals surface area contributed by atoms with Gasteiger partial charge >= 0.3 is 0 Å². The van der Waals surface area contributed by atoms with Gasteiger partial charge in [0.15, 0.2) is 11.5 Å². The third-order valence-electron chi connectivity index (χ3n) is 2.65. The highest BCUT2D eigenvalue weighted by Gasteiger charge is 2.09. The molecule has 0 fully saturated rings. The second-order valence-corrected chi connectivity index (χ2v) is 5.63. The minimum Gasteiger partial charge on any atom is -0.503 e. The van der Waals surface area contributed by atoms with E-state index < -0.39 is 0 Å². The summed E-state index contributed by atoms with van der Waals surface area (Å²) in [5.41, 5.74) is 4.23. The minimum absolute atomic E-state index is 0.0241. The van der Waals surface area contributed by atoms with Crippen molar-refractivity contribution in [2.75, 3.05) is 12.5 Å². The second kappa shape index (κ2) is 7.02. The van der Waals surface area contributed by atoms with Gasteiger partial charge in [-0.05, 0) is 46.3 Å². The molecule has 110 valence electrons. The number of aromatic hydroxyl groups is 1. The van der Waals surface area contributed by atoms with Crippen LogP contribution >= 0.6 is 39.1 Å². The Morgan fingerprint density at radius 2 is 2.00 bits per heavy atom. The number of methoxy groups -OCH3 is 1. The molecule has 0 unspecified atom stereocenters. The number of ether oxygens (including phenoxy) is 1. The fourth-order valence-electron chi connectivity index (χ4n) is 1.57. The number of hydrogen-bond donors (Lipinski definition) is 2. The van der Waals surface area contributed by atoms with Crippen LogP contribution in [0.1, 0.15) is 5.56 Å². The Bertz CT molecular complexity index is 693. The van der Waals surface area contributed by atoms with Crippen LogP contribution in [0, 0.1) is 0 Å². The van der Waals surface area contributed by atoms with Gasteiger partial charge in [0.25, 0.3) is 0 Å². The minimum atomic E-state index is 0.0241. The van der Waals surface area contributed by atoms with Crippen molar-refractivity contribution in [1.82, 2.24) is 0 Å². The fraction of sp³-hybridized carbons (Fsp3) is 0.0714. The molecule has 0 aliphatic heterocycles. The van der Waals surface area contributed by atoms with Crippen LogP contribution in [0.3, 0.4) is 0 Å². The lowest BCUT2D eigenvalue weighted by atomic mass is 10.2. The number of nitrogens with one attached hydrogen (secondary N) is 1. The summed E-state index contributed by atoms with van der Waals surface area (Å²) in [5.74, 6) is 0.410. The highest BCUT2D eigenvalue weighted by Crippen LogP contribution is 2.35. The van der Waals surface area contributed by atoms with E-state index in [4.69, 9.17) is 27.9 Å². The highest BCUT2D eigenvalue weighted by atomic mass is 79.9. The van der Waals surface area contributed by atoms with Crippen molar-refractivity contribution in [2.45, 2.75) is 0 Å². The summed E-state index contributed by atoms with van der Waals surface area (Å²) in [5, 5.41) is 14.9. The van der Waals surface area contributed by atoms with Crippen LogP contribution in [0.2, 0.25) is 10.0 Å². The topological polar surface area (TPSA) is 53.8 Å². The number of hydrazone groups is 1. The van der Waals surface area contributed by atoms with Crippen molar-refractivity contribution < 1.29 is 9.84 Å². The summed E-state index contributed by atoms with van der Waals surface area (Å²) >= 11 is 15.0. The van der Waals surface area contributed by atoms with Crippen LogP contribution in [0.5, 0.6) is 11.5 Å². The zero-order valence-corrected chi connectivity index (χ0v) is 14.0. The number of phenolic OH excluding ortho intramolecular Hbond substituents is 1. The van der Waals surface area contributed by atoms with Gasteiger partial charge in [0.1, 0.15) is 0 Å². The van der Waals surface area contributed by atoms with E-state index >= 15 is 0 Å². The Hall–Kier alpha value is -1.43. The molecule has 0 radical (unpaired) electrons. The Morgan fingerprint density at radius 1 is 1.24 bits per heavy atom. The van der Waals surface area contributed by atoms with Gasteiger partial charge in [-0.25, -0.2) is 0 Å². The van der Waals surface area contributed by atoms with Gasteiger partial charge in [0, 0.05) is 5.56 Å². The molecule has 21 heavy (non-hydrogen) atoms. The van der Waals surface area contributed by atoms with Gasteiger partial charge in [-0.3, -0.25) is 5.43 Å². The Morgan fingerprint density at radius 3 is 2.67 bits per heavy atom. The Balaban J connectivity index is 2.14. The molecule has 0 aromatic heterocycles. The van der Waals surface area contributed by atoms with Gasteiger partial charge < -0.3 is 9.84 Å². The lowest BCUT2D eigenvalue weighted by Crippen LogP contribution is -1.93. The monoisotopic (exact) mass is 388 g/mol. The number of halogens is 3. The van der Waals surface area contributed by atoms with Gasteiger partial charge in [0.2, 0.25) is 0 Å². The second-order valence-electron chi connectivity index (χ2n) is 4.02. The quantitative estimate of drug-likeness (QED) is 0.576. The summed E-state index contributed by atoms with van der Waals surface area (Å²) in [6.45, 7) is 0. The van der Waals surface area contributed by atoms with E-state index in [1.54, 1.807) is 36.5 Å². The molecule has 7 heteroatoms. The van der Waals surface area contributed by atoms with Crippen LogP contribution in [0.15, 0.2) is 39.9 Å². The van der Waals surface area contributed by atoms with E-state index in [9.17, 15) is 5.11 Å². The number of phenols is 1. The van der Waals surface area contributed by atoms with Gasteiger partial charge in [-0.15, -0.1) is 0 Å². The molecule has 4 nitrogen and oxygen atoms in total. The molecule has 0 saturated carbocycles. The lowest BCUT2D eigenvalue weighted by Gasteiger charge is -2.07. The molecule has 2 N–H and O–H groups in total. The summed E-state index contributed by atoms with van der Waals surface area (Å²) in [6, 6.07) is 8.52. The standard InChI is InChI=1S/C14H11BrCl2N2O2/c1-21-12-5-2-8(13(15)14(12)20)7-18-19-9-3-4-10(16)11(17)6-9/h2-7,19-20H,1H3. The summed E-state index contributed by atoms with van der Waals surface area (Å²) in [4.78, 5) is 0. The Labute approximate surface area is 140 Å². The average molecular weight is 390 g/mol. The van der Waals surface area contributed by atoms with Gasteiger partial charge in [-0.2, -0.15) is 5.10 Å². The molecule has 0 spiro atoms. The molecule has 0 aliphatic rings. The first-order valence-electron chi connectivity index (χ1n) is 5.82. The first kappa shape index (κ1) is 15.9. The number of anilines is 1. The van der Waals surface area contributed by atoms with E-state index in [2.05, 4.69) is 26.5 Å². The number of benzene rings is 2. The number of rotatable bonds is 4. The Kier molecular flexibility index (Phi) is 5.33. The van der Waals surface area contributed by atoms with Gasteiger partial charge in [0.05, 0.1) is 33.5 Å². The predicted molar refractivity (Wildman–Crippen MR) is 90.0 cm³/mol. The van der Waals surface area contributed by atoms with E-state index in [-0.39, 0.29) is 5.75 Å². The number of nitrogens with zero attached hydrogens (tertiary/aromatic N) is 1. The smallest absolute Gasteiger partial charge is 0.172 e. The molecule has 0 heterocycles. The van der Waals surface area contributed by atoms with Crippen LogP contribution in [0.4, 0.5) is 5.69 Å². The zero-order valence-electron chi connectivity index (χ0n) is 10.9. The van der Waals surface area contributed by atoms with Crippen molar-refractivity contribution in [3.63, 3.8) is 0 Å². The molecule has 2 aromatic carbocycles. The van der Waals surface area contributed by atoms with Crippen molar-refractivity contribution in [2.24, 2.45) is 5.10 Å². The molecule has 0 bridgehead atoms. The first-order valence-corrected chi connectivity index (χ1v) is 7.37. The van der Waals surface area contributed by atoms with E-state index in [1.807, 2.05) is 0 Å². The molecular weight excluding hydrogens is 379 g/mol. The van der Waals surface area contributed by atoms with Gasteiger partial charge in [-0.1, -0.05) is 23.2 Å². The molecule has 0 saturated heterocycles. The normalized spacial score (nSPS) is 10.9.